The van der Waals surface area contributed by atoms with Crippen LogP contribution in [0.25, 0.3) is 0 Å². The number of hydrogen-bond donors (Lipinski definition) is 2. The van der Waals surface area contributed by atoms with Gasteiger partial charge in [-0.15, -0.1) is 0 Å². The molecule has 0 amide bonds. The lowest BCUT2D eigenvalue weighted by atomic mass is 10.1. The molecule has 1 aliphatic rings. The average Bonchev–Trinajstić information content (AvgIpc) is 2.67. The molecule has 1 aliphatic heterocycles. The normalized spacial score (nSPS) is 25.2. The molecule has 0 aromatic carbocycles. The second-order valence-corrected chi connectivity index (χ2v) is 3.74. The molecule has 0 bridgehead atoms. The van der Waals surface area contributed by atoms with Crippen molar-refractivity contribution in [2.24, 2.45) is 0 Å². The van der Waals surface area contributed by atoms with Crippen molar-refractivity contribution in [3.8, 4) is 0 Å². The number of esters is 2. The van der Waals surface area contributed by atoms with E-state index in [1.165, 1.54) is 7.11 Å². The molecule has 15 heavy (non-hydrogen) atoms. The Balaban J connectivity index is 2.54. The Labute approximate surface area is 93.9 Å². The van der Waals surface area contributed by atoms with E-state index in [0.717, 1.165) is 6.42 Å². The van der Waals surface area contributed by atoms with Crippen LogP contribution in [0.15, 0.2) is 0 Å². The molecule has 0 unspecified atom stereocenters. The molecule has 0 spiro atoms. The van der Waals surface area contributed by atoms with E-state index in [9.17, 15) is 9.59 Å². The third-order valence-corrected chi connectivity index (χ3v) is 2.54. The summed E-state index contributed by atoms with van der Waals surface area (Å²) in [4.78, 5) is 22.7. The van der Waals surface area contributed by atoms with Crippen LogP contribution >= 0.6 is 12.6 Å². The van der Waals surface area contributed by atoms with E-state index in [4.69, 9.17) is 4.74 Å². The SMILES string of the molecule is CO[C@@]1(C(=O)OC(=O)CCS)CCCN1. The zero-order valence-corrected chi connectivity index (χ0v) is 9.51. The number of ether oxygens (including phenoxy) is 2. The maximum absolute atomic E-state index is 11.6. The monoisotopic (exact) mass is 233 g/mol. The van der Waals surface area contributed by atoms with Crippen molar-refractivity contribution in [3.05, 3.63) is 0 Å². The zero-order valence-electron chi connectivity index (χ0n) is 8.62. The van der Waals surface area contributed by atoms with Gasteiger partial charge >= 0.3 is 11.9 Å². The van der Waals surface area contributed by atoms with Gasteiger partial charge in [0, 0.05) is 19.3 Å². The highest BCUT2D eigenvalue weighted by Crippen LogP contribution is 2.21. The van der Waals surface area contributed by atoms with Crippen LogP contribution in [0.2, 0.25) is 0 Å². The van der Waals surface area contributed by atoms with Crippen LogP contribution in [-0.2, 0) is 19.1 Å². The summed E-state index contributed by atoms with van der Waals surface area (Å²) >= 11 is 3.88. The van der Waals surface area contributed by atoms with Crippen LogP contribution in [-0.4, -0.2) is 37.1 Å². The predicted molar refractivity (Wildman–Crippen MR) is 56.5 cm³/mol. The van der Waals surface area contributed by atoms with Crippen LogP contribution in [0, 0.1) is 0 Å². The first-order chi connectivity index (χ1) is 7.14. The molecule has 5 nitrogen and oxygen atoms in total. The van der Waals surface area contributed by atoms with Crippen molar-refractivity contribution in [3.63, 3.8) is 0 Å². The van der Waals surface area contributed by atoms with Crippen LogP contribution in [0.1, 0.15) is 19.3 Å². The van der Waals surface area contributed by atoms with E-state index in [1.54, 1.807) is 0 Å². The second kappa shape index (κ2) is 5.48. The van der Waals surface area contributed by atoms with E-state index in [-0.39, 0.29) is 6.42 Å². The van der Waals surface area contributed by atoms with Crippen LogP contribution in [0.3, 0.4) is 0 Å². The summed E-state index contributed by atoms with van der Waals surface area (Å²) in [5.41, 5.74) is -1.13. The molecule has 1 saturated heterocycles. The lowest BCUT2D eigenvalue weighted by Gasteiger charge is -2.24. The maximum atomic E-state index is 11.6. The highest BCUT2D eigenvalue weighted by molar-refractivity contribution is 7.80. The van der Waals surface area contributed by atoms with Gasteiger partial charge in [0.05, 0.1) is 6.42 Å². The molecule has 6 heteroatoms. The summed E-state index contributed by atoms with van der Waals surface area (Å²) in [5.74, 6) is -0.867. The van der Waals surface area contributed by atoms with Crippen molar-refractivity contribution >= 4 is 24.6 Å². The lowest BCUT2D eigenvalue weighted by Crippen LogP contribution is -2.50. The first-order valence-corrected chi connectivity index (χ1v) is 5.44. The molecule has 86 valence electrons. The third kappa shape index (κ3) is 2.93. The van der Waals surface area contributed by atoms with Crippen molar-refractivity contribution in [1.82, 2.24) is 5.32 Å². The molecular formula is C9H15NO4S. The summed E-state index contributed by atoms with van der Waals surface area (Å²) in [6, 6.07) is 0. The van der Waals surface area contributed by atoms with Gasteiger partial charge in [-0.05, 0) is 13.0 Å². The molecule has 1 heterocycles. The summed E-state index contributed by atoms with van der Waals surface area (Å²) < 4.78 is 9.74. The van der Waals surface area contributed by atoms with Crippen molar-refractivity contribution in [2.75, 3.05) is 19.4 Å². The van der Waals surface area contributed by atoms with E-state index in [2.05, 4.69) is 22.7 Å². The quantitative estimate of drug-likeness (QED) is 0.410. The Morgan fingerprint density at radius 3 is 2.73 bits per heavy atom. The molecular weight excluding hydrogens is 218 g/mol. The molecule has 1 rings (SSSR count). The first-order valence-electron chi connectivity index (χ1n) is 4.81. The van der Waals surface area contributed by atoms with Crippen LogP contribution in [0.4, 0.5) is 0 Å². The zero-order chi connectivity index (χ0) is 11.3. The summed E-state index contributed by atoms with van der Waals surface area (Å²) in [7, 11) is 1.42. The lowest BCUT2D eigenvalue weighted by molar-refractivity contribution is -0.178. The standard InChI is InChI=1S/C9H15NO4S/c1-13-9(4-2-5-10-9)8(12)14-7(11)3-6-15/h10,15H,2-6H2,1H3/t9-/m1/s1. The molecule has 0 saturated carbocycles. The predicted octanol–water partition coefficient (Wildman–Crippen LogP) is 0.102. The van der Waals surface area contributed by atoms with Crippen LogP contribution < -0.4 is 5.32 Å². The highest BCUT2D eigenvalue weighted by Gasteiger charge is 2.43. The van der Waals surface area contributed by atoms with Gasteiger partial charge in [-0.25, -0.2) is 4.79 Å². The fourth-order valence-electron chi connectivity index (χ4n) is 1.48. The van der Waals surface area contributed by atoms with Gasteiger partial charge in [-0.1, -0.05) is 0 Å². The number of methoxy groups -OCH3 is 1. The van der Waals surface area contributed by atoms with E-state index >= 15 is 0 Å². The average molecular weight is 233 g/mol. The van der Waals surface area contributed by atoms with Gasteiger partial charge in [0.15, 0.2) is 0 Å². The number of hydrogen-bond acceptors (Lipinski definition) is 6. The molecule has 1 atom stereocenters. The number of carbonyl (C=O) groups excluding carboxylic acids is 2. The van der Waals surface area contributed by atoms with Gasteiger partial charge in [-0.2, -0.15) is 12.6 Å². The third-order valence-electron chi connectivity index (χ3n) is 2.32. The second-order valence-electron chi connectivity index (χ2n) is 3.30. The van der Waals surface area contributed by atoms with Crippen molar-refractivity contribution in [2.45, 2.75) is 25.0 Å². The molecule has 0 aromatic heterocycles. The Morgan fingerprint density at radius 1 is 1.53 bits per heavy atom. The Bertz CT molecular complexity index is 250. The van der Waals surface area contributed by atoms with E-state index in [0.29, 0.717) is 18.7 Å². The minimum Gasteiger partial charge on any atom is -0.390 e. The Hall–Kier alpha value is -0.590. The topological polar surface area (TPSA) is 64.6 Å². The van der Waals surface area contributed by atoms with E-state index in [1.807, 2.05) is 0 Å². The van der Waals surface area contributed by atoms with Gasteiger partial charge < -0.3 is 9.47 Å². The highest BCUT2D eigenvalue weighted by atomic mass is 32.1. The first kappa shape index (κ1) is 12.5. The van der Waals surface area contributed by atoms with E-state index < -0.39 is 17.7 Å². The largest absolute Gasteiger partial charge is 0.390 e. The molecule has 0 aliphatic carbocycles. The minimum absolute atomic E-state index is 0.120. The number of rotatable bonds is 4. The van der Waals surface area contributed by atoms with Gasteiger partial charge in [0.1, 0.15) is 0 Å². The molecule has 1 N–H and O–H groups in total. The summed E-state index contributed by atoms with van der Waals surface area (Å²) in [5, 5.41) is 2.90. The fraction of sp³-hybridized carbons (Fsp3) is 0.778. The molecule has 1 fully saturated rings. The van der Waals surface area contributed by atoms with Crippen molar-refractivity contribution < 1.29 is 19.1 Å². The number of carbonyl (C=O) groups is 2. The summed E-state index contributed by atoms with van der Waals surface area (Å²) in [6.07, 6.45) is 1.47. The fourth-order valence-corrected chi connectivity index (χ4v) is 1.66. The van der Waals surface area contributed by atoms with Gasteiger partial charge in [0.25, 0.3) is 0 Å². The van der Waals surface area contributed by atoms with Gasteiger partial charge in [0.2, 0.25) is 5.72 Å². The molecule has 0 radical (unpaired) electrons. The number of nitrogens with one attached hydrogen (secondary N) is 1. The van der Waals surface area contributed by atoms with Gasteiger partial charge in [-0.3, -0.25) is 10.1 Å². The molecule has 0 aromatic rings. The summed E-state index contributed by atoms with van der Waals surface area (Å²) in [6.45, 7) is 0.684. The maximum Gasteiger partial charge on any atom is 0.361 e. The number of thiol groups is 1. The smallest absolute Gasteiger partial charge is 0.361 e. The Morgan fingerprint density at radius 2 is 2.27 bits per heavy atom. The van der Waals surface area contributed by atoms with Crippen LogP contribution in [0.5, 0.6) is 0 Å². The minimum atomic E-state index is -1.13. The van der Waals surface area contributed by atoms with Crippen molar-refractivity contribution in [1.29, 1.82) is 0 Å². The Kier molecular flexibility index (Phi) is 4.56.